The summed E-state index contributed by atoms with van der Waals surface area (Å²) in [5.41, 5.74) is 6.32. The summed E-state index contributed by atoms with van der Waals surface area (Å²) in [6.07, 6.45) is 0. The van der Waals surface area contributed by atoms with Gasteiger partial charge in [-0.25, -0.2) is 8.42 Å². The molecule has 2 N–H and O–H groups in total. The first kappa shape index (κ1) is 23.8. The number of benzene rings is 2. The van der Waals surface area contributed by atoms with Crippen LogP contribution in [0.15, 0.2) is 41.3 Å². The van der Waals surface area contributed by atoms with Crippen LogP contribution in [0.4, 0.5) is 0 Å². The summed E-state index contributed by atoms with van der Waals surface area (Å²) < 4.78 is 37.6. The fourth-order valence-corrected chi connectivity index (χ4v) is 4.99. The van der Waals surface area contributed by atoms with Crippen molar-refractivity contribution in [3.63, 3.8) is 0 Å². The molecule has 2 aromatic rings. The summed E-state index contributed by atoms with van der Waals surface area (Å²) >= 11 is 6.23. The SMILES string of the molecule is COc1cc(C(=O)N2CCN(S(=O)(=O)c3ccc(C)cc3)CC2)cc(Cl)c1OCC(N)=O. The van der Waals surface area contributed by atoms with Crippen LogP contribution in [0.25, 0.3) is 0 Å². The second-order valence-corrected chi connectivity index (χ2v) is 9.60. The topological polar surface area (TPSA) is 119 Å². The van der Waals surface area contributed by atoms with Crippen molar-refractivity contribution in [2.45, 2.75) is 11.8 Å². The van der Waals surface area contributed by atoms with Crippen LogP contribution < -0.4 is 15.2 Å². The molecule has 1 heterocycles. The van der Waals surface area contributed by atoms with Gasteiger partial charge in [0.25, 0.3) is 11.8 Å². The zero-order chi connectivity index (χ0) is 23.5. The first-order valence-corrected chi connectivity index (χ1v) is 11.6. The lowest BCUT2D eigenvalue weighted by Gasteiger charge is -2.34. The van der Waals surface area contributed by atoms with E-state index in [1.165, 1.54) is 23.5 Å². The molecule has 1 aliphatic heterocycles. The molecule has 0 bridgehead atoms. The van der Waals surface area contributed by atoms with Gasteiger partial charge in [-0.05, 0) is 31.2 Å². The lowest BCUT2D eigenvalue weighted by molar-refractivity contribution is -0.119. The van der Waals surface area contributed by atoms with Gasteiger partial charge in [-0.3, -0.25) is 9.59 Å². The minimum atomic E-state index is -3.63. The normalized spacial score (nSPS) is 14.8. The monoisotopic (exact) mass is 481 g/mol. The Kier molecular flexibility index (Phi) is 7.27. The second-order valence-electron chi connectivity index (χ2n) is 7.25. The number of hydrogen-bond donors (Lipinski definition) is 1. The van der Waals surface area contributed by atoms with Gasteiger partial charge in [0.15, 0.2) is 18.1 Å². The number of carbonyl (C=O) groups is 2. The van der Waals surface area contributed by atoms with Crippen molar-refractivity contribution in [1.82, 2.24) is 9.21 Å². The standard InChI is InChI=1S/C21H24ClN3O6S/c1-14-3-5-16(6-4-14)32(28,29)25-9-7-24(8-10-25)21(27)15-11-17(22)20(18(12-15)30-2)31-13-19(23)26/h3-6,11-12H,7-10,13H2,1-2H3,(H2,23,26). The number of ether oxygens (including phenoxy) is 2. The van der Waals surface area contributed by atoms with Crippen molar-refractivity contribution in [1.29, 1.82) is 0 Å². The molecule has 0 unspecified atom stereocenters. The van der Waals surface area contributed by atoms with Gasteiger partial charge in [-0.1, -0.05) is 29.3 Å². The molecule has 11 heteroatoms. The highest BCUT2D eigenvalue weighted by molar-refractivity contribution is 7.89. The van der Waals surface area contributed by atoms with Gasteiger partial charge in [0.05, 0.1) is 17.0 Å². The van der Waals surface area contributed by atoms with E-state index in [4.69, 9.17) is 26.8 Å². The summed E-state index contributed by atoms with van der Waals surface area (Å²) in [6.45, 7) is 2.30. The van der Waals surface area contributed by atoms with Crippen LogP contribution in [0.2, 0.25) is 5.02 Å². The van der Waals surface area contributed by atoms with E-state index in [1.54, 1.807) is 29.2 Å². The summed E-state index contributed by atoms with van der Waals surface area (Å²) in [5, 5.41) is 0.0922. The minimum absolute atomic E-state index is 0.0922. The van der Waals surface area contributed by atoms with Crippen LogP contribution in [-0.2, 0) is 14.8 Å². The van der Waals surface area contributed by atoms with Crippen LogP contribution in [0.5, 0.6) is 11.5 Å². The first-order valence-electron chi connectivity index (χ1n) is 9.78. The van der Waals surface area contributed by atoms with Gasteiger partial charge in [0.1, 0.15) is 0 Å². The quantitative estimate of drug-likeness (QED) is 0.642. The smallest absolute Gasteiger partial charge is 0.255 e. The van der Waals surface area contributed by atoms with Crippen molar-refractivity contribution < 1.29 is 27.5 Å². The number of piperazine rings is 1. The fraction of sp³-hybridized carbons (Fsp3) is 0.333. The average Bonchev–Trinajstić information content (AvgIpc) is 2.77. The predicted molar refractivity (Wildman–Crippen MR) is 119 cm³/mol. The molecule has 0 aromatic heterocycles. The number of halogens is 1. The van der Waals surface area contributed by atoms with Gasteiger partial charge in [-0.2, -0.15) is 4.31 Å². The molecule has 1 saturated heterocycles. The van der Waals surface area contributed by atoms with Crippen LogP contribution in [0.3, 0.4) is 0 Å². The van der Waals surface area contributed by atoms with E-state index >= 15 is 0 Å². The molecule has 2 amide bonds. The molecule has 9 nitrogen and oxygen atoms in total. The van der Waals surface area contributed by atoms with Crippen LogP contribution in [-0.4, -0.2) is 69.3 Å². The van der Waals surface area contributed by atoms with E-state index < -0.39 is 15.9 Å². The maximum absolute atomic E-state index is 13.0. The maximum atomic E-state index is 13.0. The Hall–Kier alpha value is -2.82. The fourth-order valence-electron chi connectivity index (χ4n) is 3.30. The van der Waals surface area contributed by atoms with Crippen molar-refractivity contribution in [2.75, 3.05) is 39.9 Å². The average molecular weight is 482 g/mol. The maximum Gasteiger partial charge on any atom is 0.255 e. The number of nitrogens with zero attached hydrogens (tertiary/aromatic N) is 2. The van der Waals surface area contributed by atoms with E-state index in [2.05, 4.69) is 0 Å². The lowest BCUT2D eigenvalue weighted by Crippen LogP contribution is -2.50. The highest BCUT2D eigenvalue weighted by Gasteiger charge is 2.31. The molecule has 0 spiro atoms. The minimum Gasteiger partial charge on any atom is -0.493 e. The molecule has 3 rings (SSSR count). The Morgan fingerprint density at radius 3 is 2.28 bits per heavy atom. The molecule has 1 aliphatic rings. The second kappa shape index (κ2) is 9.76. The van der Waals surface area contributed by atoms with E-state index in [-0.39, 0.29) is 65.7 Å². The molecule has 2 aromatic carbocycles. The van der Waals surface area contributed by atoms with Crippen LogP contribution in [0.1, 0.15) is 15.9 Å². The van der Waals surface area contributed by atoms with Gasteiger partial charge in [0.2, 0.25) is 10.0 Å². The van der Waals surface area contributed by atoms with Crippen LogP contribution >= 0.6 is 11.6 Å². The van der Waals surface area contributed by atoms with E-state index in [0.29, 0.717) is 0 Å². The van der Waals surface area contributed by atoms with E-state index in [9.17, 15) is 18.0 Å². The Bertz CT molecular complexity index is 1110. The Morgan fingerprint density at radius 1 is 1.09 bits per heavy atom. The van der Waals surface area contributed by atoms with Crippen molar-refractivity contribution in [3.05, 3.63) is 52.5 Å². The number of hydrogen-bond acceptors (Lipinski definition) is 6. The summed E-state index contributed by atoms with van der Waals surface area (Å²) in [5.74, 6) is -0.706. The first-order chi connectivity index (χ1) is 15.1. The molecule has 0 aliphatic carbocycles. The zero-order valence-electron chi connectivity index (χ0n) is 17.7. The zero-order valence-corrected chi connectivity index (χ0v) is 19.3. The van der Waals surface area contributed by atoms with E-state index in [1.807, 2.05) is 6.92 Å². The molecule has 0 radical (unpaired) electrons. The van der Waals surface area contributed by atoms with Gasteiger partial charge < -0.3 is 20.1 Å². The summed E-state index contributed by atoms with van der Waals surface area (Å²) in [7, 11) is -2.25. The number of amides is 2. The molecule has 172 valence electrons. The summed E-state index contributed by atoms with van der Waals surface area (Å²) in [6, 6.07) is 9.54. The molecular formula is C21H24ClN3O6S. The highest BCUT2D eigenvalue weighted by Crippen LogP contribution is 2.36. The highest BCUT2D eigenvalue weighted by atomic mass is 35.5. The Balaban J connectivity index is 1.72. The lowest BCUT2D eigenvalue weighted by atomic mass is 10.1. The van der Waals surface area contributed by atoms with Crippen LogP contribution in [0, 0.1) is 6.92 Å². The largest absolute Gasteiger partial charge is 0.493 e. The van der Waals surface area contributed by atoms with Crippen molar-refractivity contribution >= 4 is 33.4 Å². The van der Waals surface area contributed by atoms with Gasteiger partial charge in [0, 0.05) is 31.7 Å². The molecule has 0 atom stereocenters. The molecular weight excluding hydrogens is 458 g/mol. The number of primary amides is 1. The third-order valence-electron chi connectivity index (χ3n) is 5.02. The van der Waals surface area contributed by atoms with Crippen molar-refractivity contribution in [2.24, 2.45) is 5.73 Å². The number of rotatable bonds is 7. The number of nitrogens with two attached hydrogens (primary N) is 1. The third kappa shape index (κ3) is 5.14. The number of methoxy groups -OCH3 is 1. The Labute approximate surface area is 191 Å². The molecule has 1 fully saturated rings. The summed E-state index contributed by atoms with van der Waals surface area (Å²) in [4.78, 5) is 25.7. The number of carbonyl (C=O) groups excluding carboxylic acids is 2. The number of aryl methyl sites for hydroxylation is 1. The number of sulfonamides is 1. The third-order valence-corrected chi connectivity index (χ3v) is 7.21. The van der Waals surface area contributed by atoms with Gasteiger partial charge >= 0.3 is 0 Å². The predicted octanol–water partition coefficient (Wildman–Crippen LogP) is 1.67. The molecule has 32 heavy (non-hydrogen) atoms. The Morgan fingerprint density at radius 2 is 1.72 bits per heavy atom. The molecule has 0 saturated carbocycles. The van der Waals surface area contributed by atoms with E-state index in [0.717, 1.165) is 5.56 Å². The van der Waals surface area contributed by atoms with Crippen molar-refractivity contribution in [3.8, 4) is 11.5 Å². The van der Waals surface area contributed by atoms with Gasteiger partial charge in [-0.15, -0.1) is 0 Å².